The molecular formula is C12H18N2O. The van der Waals surface area contributed by atoms with Crippen LogP contribution in [0.4, 0.5) is 0 Å². The van der Waals surface area contributed by atoms with Crippen LogP contribution in [0.2, 0.25) is 0 Å². The van der Waals surface area contributed by atoms with Crippen molar-refractivity contribution in [1.82, 2.24) is 4.98 Å². The lowest BCUT2D eigenvalue weighted by atomic mass is 10.1. The first kappa shape index (κ1) is 11.6. The van der Waals surface area contributed by atoms with Crippen molar-refractivity contribution in [3.05, 3.63) is 30.0 Å². The van der Waals surface area contributed by atoms with Crippen molar-refractivity contribution in [3.63, 3.8) is 0 Å². The number of aromatic nitrogens is 1. The average molecular weight is 206 g/mol. The molecule has 0 bridgehead atoms. The van der Waals surface area contributed by atoms with Gasteiger partial charge in [0.05, 0.1) is 7.11 Å². The van der Waals surface area contributed by atoms with E-state index in [0.717, 1.165) is 23.1 Å². The summed E-state index contributed by atoms with van der Waals surface area (Å²) in [4.78, 5) is 3.21. The fraction of sp³-hybridized carbons (Fsp3) is 0.333. The molecule has 0 radical (unpaired) electrons. The number of hydrogen-bond acceptors (Lipinski definition) is 2. The van der Waals surface area contributed by atoms with Gasteiger partial charge in [0, 0.05) is 17.1 Å². The summed E-state index contributed by atoms with van der Waals surface area (Å²) in [7, 11) is 1.69. The van der Waals surface area contributed by atoms with Crippen LogP contribution in [0.25, 0.3) is 10.9 Å². The number of aromatic amines is 1. The largest absolute Gasteiger partial charge is 0.496 e. The monoisotopic (exact) mass is 206 g/mol. The standard InChI is InChI=1S/C11H14N2O.CH4/c1-14-10-4-2-3-9-11(10)8(5-6-12)7-13-9;/h2-4,7,13H,5-6,12H2,1H3;1H4. The molecule has 3 heteroatoms. The predicted molar refractivity (Wildman–Crippen MR) is 64.3 cm³/mol. The van der Waals surface area contributed by atoms with E-state index in [9.17, 15) is 0 Å². The minimum atomic E-state index is 0. The van der Waals surface area contributed by atoms with E-state index in [1.807, 2.05) is 24.4 Å². The van der Waals surface area contributed by atoms with Crippen LogP contribution in [0.5, 0.6) is 5.75 Å². The number of benzene rings is 1. The minimum absolute atomic E-state index is 0. The highest BCUT2D eigenvalue weighted by molar-refractivity contribution is 5.89. The van der Waals surface area contributed by atoms with Crippen molar-refractivity contribution in [3.8, 4) is 5.75 Å². The molecule has 1 heterocycles. The molecule has 0 aliphatic carbocycles. The van der Waals surface area contributed by atoms with E-state index in [4.69, 9.17) is 10.5 Å². The van der Waals surface area contributed by atoms with Crippen LogP contribution in [0, 0.1) is 0 Å². The quantitative estimate of drug-likeness (QED) is 0.809. The van der Waals surface area contributed by atoms with Crippen LogP contribution >= 0.6 is 0 Å². The van der Waals surface area contributed by atoms with Crippen molar-refractivity contribution in [2.24, 2.45) is 5.73 Å². The van der Waals surface area contributed by atoms with E-state index in [1.165, 1.54) is 5.56 Å². The molecule has 2 aromatic rings. The Balaban J connectivity index is 0.00000112. The Morgan fingerprint density at radius 3 is 2.87 bits per heavy atom. The number of nitrogens with one attached hydrogen (secondary N) is 1. The Morgan fingerprint density at radius 1 is 1.40 bits per heavy atom. The normalized spacial score (nSPS) is 10.0. The maximum absolute atomic E-state index is 5.55. The predicted octanol–water partition coefficient (Wildman–Crippen LogP) is 2.31. The molecule has 0 fully saturated rings. The second-order valence-corrected chi connectivity index (χ2v) is 3.24. The van der Waals surface area contributed by atoms with E-state index in [1.54, 1.807) is 7.11 Å². The number of rotatable bonds is 3. The Bertz CT molecular complexity index is 434. The summed E-state index contributed by atoms with van der Waals surface area (Å²) in [5.41, 5.74) is 7.87. The first-order valence-corrected chi connectivity index (χ1v) is 4.70. The van der Waals surface area contributed by atoms with Gasteiger partial charge in [-0.15, -0.1) is 0 Å². The zero-order valence-corrected chi connectivity index (χ0v) is 8.21. The van der Waals surface area contributed by atoms with Gasteiger partial charge in [-0.05, 0) is 30.7 Å². The molecule has 82 valence electrons. The number of hydrogen-bond donors (Lipinski definition) is 2. The minimum Gasteiger partial charge on any atom is -0.496 e. The van der Waals surface area contributed by atoms with Crippen molar-refractivity contribution in [2.45, 2.75) is 13.8 Å². The molecule has 0 saturated heterocycles. The van der Waals surface area contributed by atoms with E-state index >= 15 is 0 Å². The highest BCUT2D eigenvalue weighted by Gasteiger charge is 2.07. The van der Waals surface area contributed by atoms with Crippen molar-refractivity contribution in [2.75, 3.05) is 13.7 Å². The Labute approximate surface area is 90.2 Å². The lowest BCUT2D eigenvalue weighted by molar-refractivity contribution is 0.419. The Hall–Kier alpha value is -1.48. The van der Waals surface area contributed by atoms with Gasteiger partial charge in [-0.1, -0.05) is 13.5 Å². The summed E-state index contributed by atoms with van der Waals surface area (Å²) < 4.78 is 5.31. The molecule has 1 aromatic heterocycles. The van der Waals surface area contributed by atoms with Crippen LogP contribution in [-0.4, -0.2) is 18.6 Å². The highest BCUT2D eigenvalue weighted by Crippen LogP contribution is 2.28. The van der Waals surface area contributed by atoms with E-state index in [0.29, 0.717) is 6.54 Å². The Kier molecular flexibility index (Phi) is 3.74. The molecule has 0 unspecified atom stereocenters. The summed E-state index contributed by atoms with van der Waals surface area (Å²) in [6.45, 7) is 0.658. The lowest BCUT2D eigenvalue weighted by Gasteiger charge is -2.03. The van der Waals surface area contributed by atoms with Gasteiger partial charge < -0.3 is 15.5 Å². The van der Waals surface area contributed by atoms with Gasteiger partial charge in [0.15, 0.2) is 0 Å². The van der Waals surface area contributed by atoms with Crippen molar-refractivity contribution >= 4 is 10.9 Å². The highest BCUT2D eigenvalue weighted by atomic mass is 16.5. The lowest BCUT2D eigenvalue weighted by Crippen LogP contribution is -2.02. The molecule has 1 aromatic carbocycles. The molecule has 2 rings (SSSR count). The van der Waals surface area contributed by atoms with E-state index in [2.05, 4.69) is 4.98 Å². The molecule has 0 aliphatic rings. The van der Waals surface area contributed by atoms with Crippen LogP contribution in [0.1, 0.15) is 13.0 Å². The molecule has 0 spiro atoms. The van der Waals surface area contributed by atoms with E-state index < -0.39 is 0 Å². The molecule has 0 atom stereocenters. The molecule has 0 aliphatic heterocycles. The first-order chi connectivity index (χ1) is 6.86. The van der Waals surface area contributed by atoms with E-state index in [-0.39, 0.29) is 7.43 Å². The summed E-state index contributed by atoms with van der Waals surface area (Å²) in [5, 5.41) is 1.15. The maximum Gasteiger partial charge on any atom is 0.128 e. The maximum atomic E-state index is 5.55. The first-order valence-electron chi connectivity index (χ1n) is 4.70. The van der Waals surface area contributed by atoms with Crippen LogP contribution in [0.3, 0.4) is 0 Å². The fourth-order valence-corrected chi connectivity index (χ4v) is 1.74. The summed E-state index contributed by atoms with van der Waals surface area (Å²) in [6, 6.07) is 5.98. The van der Waals surface area contributed by atoms with Gasteiger partial charge in [-0.25, -0.2) is 0 Å². The van der Waals surface area contributed by atoms with Gasteiger partial charge in [-0.3, -0.25) is 0 Å². The number of fused-ring (bicyclic) bond motifs is 1. The zero-order valence-electron chi connectivity index (χ0n) is 8.21. The van der Waals surface area contributed by atoms with Gasteiger partial charge in [0.2, 0.25) is 0 Å². The second-order valence-electron chi connectivity index (χ2n) is 3.24. The Morgan fingerprint density at radius 2 is 2.20 bits per heavy atom. The smallest absolute Gasteiger partial charge is 0.128 e. The molecular weight excluding hydrogens is 188 g/mol. The van der Waals surface area contributed by atoms with Gasteiger partial charge in [-0.2, -0.15) is 0 Å². The number of methoxy groups -OCH3 is 1. The number of H-pyrrole nitrogens is 1. The fourth-order valence-electron chi connectivity index (χ4n) is 1.74. The second kappa shape index (κ2) is 4.84. The van der Waals surface area contributed by atoms with Crippen molar-refractivity contribution < 1.29 is 4.74 Å². The molecule has 3 N–H and O–H groups in total. The molecule has 15 heavy (non-hydrogen) atoms. The number of ether oxygens (including phenoxy) is 1. The molecule has 0 amide bonds. The van der Waals surface area contributed by atoms with Crippen LogP contribution in [0.15, 0.2) is 24.4 Å². The third-order valence-corrected chi connectivity index (χ3v) is 2.38. The van der Waals surface area contributed by atoms with Gasteiger partial charge >= 0.3 is 0 Å². The van der Waals surface area contributed by atoms with Gasteiger partial charge in [0.1, 0.15) is 5.75 Å². The average Bonchev–Trinajstić information content (AvgIpc) is 2.62. The van der Waals surface area contributed by atoms with Crippen LogP contribution < -0.4 is 10.5 Å². The zero-order chi connectivity index (χ0) is 9.97. The topological polar surface area (TPSA) is 51.0 Å². The van der Waals surface area contributed by atoms with Crippen molar-refractivity contribution in [1.29, 1.82) is 0 Å². The third kappa shape index (κ3) is 1.97. The summed E-state index contributed by atoms with van der Waals surface area (Å²) >= 11 is 0. The number of nitrogens with two attached hydrogens (primary N) is 1. The van der Waals surface area contributed by atoms with Crippen LogP contribution in [-0.2, 0) is 6.42 Å². The summed E-state index contributed by atoms with van der Waals surface area (Å²) in [6.07, 6.45) is 2.88. The SMILES string of the molecule is C.COc1cccc2[nH]cc(CCN)c12. The van der Waals surface area contributed by atoms with Gasteiger partial charge in [0.25, 0.3) is 0 Å². The molecule has 3 nitrogen and oxygen atoms in total. The summed E-state index contributed by atoms with van der Waals surface area (Å²) in [5.74, 6) is 0.909. The third-order valence-electron chi connectivity index (χ3n) is 2.38. The molecule has 0 saturated carbocycles.